The minimum Gasteiger partial charge on any atom is -0.482 e. The lowest BCUT2D eigenvalue weighted by molar-refractivity contribution is -0.123. The molecule has 0 aromatic heterocycles. The smallest absolute Gasteiger partial charge is 0.258 e. The summed E-state index contributed by atoms with van der Waals surface area (Å²) >= 11 is 12.0. The average Bonchev–Trinajstić information content (AvgIpc) is 2.67. The van der Waals surface area contributed by atoms with Crippen LogP contribution in [-0.4, -0.2) is 27.5 Å². The van der Waals surface area contributed by atoms with Crippen molar-refractivity contribution >= 4 is 39.1 Å². The lowest BCUT2D eigenvalue weighted by Crippen LogP contribution is -2.31. The quantitative estimate of drug-likeness (QED) is 0.518. The van der Waals surface area contributed by atoms with Gasteiger partial charge in [0.25, 0.3) is 5.91 Å². The summed E-state index contributed by atoms with van der Waals surface area (Å²) in [5.74, 6) is -0.102. The van der Waals surface area contributed by atoms with Gasteiger partial charge in [0, 0.05) is 11.6 Å². The van der Waals surface area contributed by atoms with Crippen molar-refractivity contribution in [2.24, 2.45) is 0 Å². The summed E-state index contributed by atoms with van der Waals surface area (Å²) < 4.78 is 32.4. The standard InChI is InChI=1S/C20H24Cl2N2O4S/c1-3-4-11-23-29(26,27)17-9-10-19(18(22)12-17)28-13-20(25)24-14(2)15-5-7-16(21)8-6-15/h5-10,12,14,23H,3-4,11,13H2,1-2H3,(H,24,25)/t14-/m1/s1. The number of halogens is 2. The monoisotopic (exact) mass is 458 g/mol. The topological polar surface area (TPSA) is 84.5 Å². The van der Waals surface area contributed by atoms with Crippen molar-refractivity contribution in [1.82, 2.24) is 10.0 Å². The zero-order valence-corrected chi connectivity index (χ0v) is 18.6. The Morgan fingerprint density at radius 3 is 2.45 bits per heavy atom. The Bertz CT molecular complexity index is 934. The second kappa shape index (κ2) is 10.8. The Morgan fingerprint density at radius 1 is 1.14 bits per heavy atom. The number of benzene rings is 2. The number of unbranched alkanes of at least 4 members (excludes halogenated alkanes) is 1. The summed E-state index contributed by atoms with van der Waals surface area (Å²) in [4.78, 5) is 12.2. The van der Waals surface area contributed by atoms with E-state index in [0.29, 0.717) is 11.6 Å². The fourth-order valence-corrected chi connectivity index (χ4v) is 4.02. The van der Waals surface area contributed by atoms with Crippen LogP contribution in [0.25, 0.3) is 0 Å². The molecule has 1 amide bonds. The van der Waals surface area contributed by atoms with Crippen molar-refractivity contribution in [3.63, 3.8) is 0 Å². The van der Waals surface area contributed by atoms with Gasteiger partial charge < -0.3 is 10.1 Å². The van der Waals surface area contributed by atoms with E-state index in [1.165, 1.54) is 18.2 Å². The predicted molar refractivity (Wildman–Crippen MR) is 115 cm³/mol. The highest BCUT2D eigenvalue weighted by molar-refractivity contribution is 7.89. The van der Waals surface area contributed by atoms with Crippen LogP contribution in [0.4, 0.5) is 0 Å². The number of hydrogen-bond acceptors (Lipinski definition) is 4. The molecule has 0 saturated heterocycles. The normalized spacial score (nSPS) is 12.4. The highest BCUT2D eigenvalue weighted by Gasteiger charge is 2.16. The van der Waals surface area contributed by atoms with Gasteiger partial charge in [0.1, 0.15) is 5.75 Å². The SMILES string of the molecule is CCCCNS(=O)(=O)c1ccc(OCC(=O)N[C@H](C)c2ccc(Cl)cc2)c(Cl)c1. The number of ether oxygens (including phenoxy) is 1. The van der Waals surface area contributed by atoms with Crippen molar-refractivity contribution < 1.29 is 17.9 Å². The van der Waals surface area contributed by atoms with Gasteiger partial charge in [0.05, 0.1) is 16.0 Å². The van der Waals surface area contributed by atoms with Gasteiger partial charge in [0.15, 0.2) is 6.61 Å². The Balaban J connectivity index is 1.93. The maximum absolute atomic E-state index is 12.2. The molecule has 0 aliphatic heterocycles. The molecule has 0 bridgehead atoms. The molecule has 29 heavy (non-hydrogen) atoms. The van der Waals surface area contributed by atoms with Gasteiger partial charge in [-0.1, -0.05) is 48.7 Å². The summed E-state index contributed by atoms with van der Waals surface area (Å²) in [7, 11) is -3.63. The number of sulfonamides is 1. The summed E-state index contributed by atoms with van der Waals surface area (Å²) in [6, 6.07) is 11.1. The summed E-state index contributed by atoms with van der Waals surface area (Å²) in [6.45, 7) is 3.93. The van der Waals surface area contributed by atoms with Crippen LogP contribution in [0, 0.1) is 0 Å². The lowest BCUT2D eigenvalue weighted by Gasteiger charge is -2.15. The number of carbonyl (C=O) groups is 1. The van der Waals surface area contributed by atoms with Gasteiger partial charge in [-0.15, -0.1) is 0 Å². The van der Waals surface area contributed by atoms with Crippen molar-refractivity contribution in [3.8, 4) is 5.75 Å². The molecule has 0 unspecified atom stereocenters. The molecule has 2 N–H and O–H groups in total. The maximum atomic E-state index is 12.2. The molecule has 0 aliphatic carbocycles. The van der Waals surface area contributed by atoms with E-state index in [0.717, 1.165) is 18.4 Å². The van der Waals surface area contributed by atoms with Crippen molar-refractivity contribution in [2.75, 3.05) is 13.2 Å². The zero-order valence-electron chi connectivity index (χ0n) is 16.2. The Kier molecular flexibility index (Phi) is 8.77. The molecule has 2 aromatic rings. The summed E-state index contributed by atoms with van der Waals surface area (Å²) in [5, 5.41) is 3.55. The molecule has 0 heterocycles. The van der Waals surface area contributed by atoms with Gasteiger partial charge in [-0.05, 0) is 49.2 Å². The number of hydrogen-bond donors (Lipinski definition) is 2. The van der Waals surface area contributed by atoms with Gasteiger partial charge in [-0.2, -0.15) is 0 Å². The third-order valence-corrected chi connectivity index (χ3v) is 6.15. The molecule has 0 spiro atoms. The predicted octanol–water partition coefficient (Wildman–Crippen LogP) is 4.33. The minimum atomic E-state index is -3.63. The van der Waals surface area contributed by atoms with Gasteiger partial charge in [-0.3, -0.25) is 4.79 Å². The Morgan fingerprint density at radius 2 is 1.83 bits per heavy atom. The summed E-state index contributed by atoms with van der Waals surface area (Å²) in [5.41, 5.74) is 0.908. The fourth-order valence-electron chi connectivity index (χ4n) is 2.49. The van der Waals surface area contributed by atoms with Crippen molar-refractivity contribution in [2.45, 2.75) is 37.6 Å². The van der Waals surface area contributed by atoms with E-state index in [-0.39, 0.29) is 34.2 Å². The second-order valence-electron chi connectivity index (χ2n) is 6.47. The first-order chi connectivity index (χ1) is 13.7. The van der Waals surface area contributed by atoms with Gasteiger partial charge in [0.2, 0.25) is 10.0 Å². The molecule has 1 atom stereocenters. The Labute approximate surface area is 181 Å². The Hall–Kier alpha value is -1.80. The van der Waals surface area contributed by atoms with Gasteiger partial charge in [-0.25, -0.2) is 13.1 Å². The first-order valence-electron chi connectivity index (χ1n) is 9.19. The average molecular weight is 459 g/mol. The first-order valence-corrected chi connectivity index (χ1v) is 11.4. The molecule has 0 fully saturated rings. The van der Waals surface area contributed by atoms with Crippen LogP contribution >= 0.6 is 23.2 Å². The molecule has 0 radical (unpaired) electrons. The van der Waals surface area contributed by atoms with Crippen LogP contribution in [0.1, 0.15) is 38.3 Å². The number of rotatable bonds is 10. The van der Waals surface area contributed by atoms with E-state index in [1.807, 2.05) is 26.0 Å². The van der Waals surface area contributed by atoms with E-state index in [9.17, 15) is 13.2 Å². The molecule has 0 saturated carbocycles. The van der Waals surface area contributed by atoms with E-state index < -0.39 is 10.0 Å². The molecule has 2 aromatic carbocycles. The lowest BCUT2D eigenvalue weighted by atomic mass is 10.1. The molecule has 2 rings (SSSR count). The first kappa shape index (κ1) is 23.5. The van der Waals surface area contributed by atoms with E-state index in [4.69, 9.17) is 27.9 Å². The minimum absolute atomic E-state index is 0.0479. The fraction of sp³-hybridized carbons (Fsp3) is 0.350. The number of amides is 1. The number of nitrogens with one attached hydrogen (secondary N) is 2. The van der Waals surface area contributed by atoms with Gasteiger partial charge >= 0.3 is 0 Å². The van der Waals surface area contributed by atoms with Crippen LogP contribution < -0.4 is 14.8 Å². The zero-order chi connectivity index (χ0) is 21.4. The van der Waals surface area contributed by atoms with Crippen LogP contribution in [0.15, 0.2) is 47.4 Å². The highest BCUT2D eigenvalue weighted by atomic mass is 35.5. The summed E-state index contributed by atoms with van der Waals surface area (Å²) in [6.07, 6.45) is 1.63. The number of carbonyl (C=O) groups excluding carboxylic acids is 1. The highest BCUT2D eigenvalue weighted by Crippen LogP contribution is 2.27. The van der Waals surface area contributed by atoms with E-state index in [1.54, 1.807) is 12.1 Å². The maximum Gasteiger partial charge on any atom is 0.258 e. The van der Waals surface area contributed by atoms with Crippen LogP contribution in [0.5, 0.6) is 5.75 Å². The van der Waals surface area contributed by atoms with Crippen molar-refractivity contribution in [3.05, 3.63) is 58.1 Å². The van der Waals surface area contributed by atoms with E-state index in [2.05, 4.69) is 10.0 Å². The largest absolute Gasteiger partial charge is 0.482 e. The molecular formula is C20H24Cl2N2O4S. The van der Waals surface area contributed by atoms with Crippen LogP contribution in [0.3, 0.4) is 0 Å². The molecule has 0 aliphatic rings. The van der Waals surface area contributed by atoms with E-state index >= 15 is 0 Å². The molecule has 9 heteroatoms. The second-order valence-corrected chi connectivity index (χ2v) is 9.08. The molecule has 6 nitrogen and oxygen atoms in total. The third-order valence-electron chi connectivity index (χ3n) is 4.14. The van der Waals surface area contributed by atoms with Crippen LogP contribution in [-0.2, 0) is 14.8 Å². The third kappa shape index (κ3) is 7.19. The molecule has 158 valence electrons. The van der Waals surface area contributed by atoms with Crippen molar-refractivity contribution in [1.29, 1.82) is 0 Å². The van der Waals surface area contributed by atoms with Crippen LogP contribution in [0.2, 0.25) is 10.0 Å². The molecular weight excluding hydrogens is 435 g/mol.